The number of ether oxygens (including phenoxy) is 1. The third-order valence-electron chi connectivity index (χ3n) is 6.68. The molecule has 0 saturated carbocycles. The summed E-state index contributed by atoms with van der Waals surface area (Å²) in [5.41, 5.74) is 0.231. The van der Waals surface area contributed by atoms with Gasteiger partial charge in [0.25, 0.3) is 5.91 Å². The summed E-state index contributed by atoms with van der Waals surface area (Å²) >= 11 is 0. The standard InChI is InChI=1S/C30H45N5O5/c1-20(2)15-23(27(38)34-31)25(28(39)40-29(5,6)7)30(16-21(3)4,24(36)17-35-14-13-32-19-35)18-33-26(37)22-11-9-8-10-12-22/h8-14,19-21,23,25H,15-18,31H2,1-7H3,(H,33,37)(H,34,38)/t23-,25-,30?/m1/s1. The Bertz CT molecular complexity index is 1130. The van der Waals surface area contributed by atoms with Crippen LogP contribution in [-0.4, -0.2) is 45.3 Å². The van der Waals surface area contributed by atoms with Gasteiger partial charge in [0.15, 0.2) is 5.78 Å². The SMILES string of the molecule is CC(C)C[C@@H](C(=O)NN)[C@H](C(=O)OC(C)(C)C)C(CNC(=O)c1ccccc1)(CC(C)C)C(=O)Cn1ccnc1. The Morgan fingerprint density at radius 3 is 2.17 bits per heavy atom. The number of rotatable bonds is 14. The Kier molecular flexibility index (Phi) is 11.6. The number of nitrogens with two attached hydrogens (primary N) is 1. The quantitative estimate of drug-likeness (QED) is 0.140. The lowest BCUT2D eigenvalue weighted by Gasteiger charge is -2.43. The molecular formula is C30H45N5O5. The van der Waals surface area contributed by atoms with Gasteiger partial charge in [0.2, 0.25) is 5.91 Å². The fourth-order valence-corrected chi connectivity index (χ4v) is 5.21. The Balaban J connectivity index is 2.77. The molecule has 0 aliphatic heterocycles. The number of hydrogen-bond donors (Lipinski definition) is 3. The van der Waals surface area contributed by atoms with E-state index >= 15 is 0 Å². The van der Waals surface area contributed by atoms with Gasteiger partial charge < -0.3 is 14.6 Å². The number of carbonyl (C=O) groups is 4. The van der Waals surface area contributed by atoms with E-state index in [1.165, 1.54) is 6.33 Å². The molecule has 0 aliphatic rings. The average molecular weight is 556 g/mol. The molecule has 4 N–H and O–H groups in total. The van der Waals surface area contributed by atoms with Crippen LogP contribution in [0.4, 0.5) is 0 Å². The highest BCUT2D eigenvalue weighted by Crippen LogP contribution is 2.44. The predicted molar refractivity (Wildman–Crippen MR) is 153 cm³/mol. The number of esters is 1. The second kappa shape index (κ2) is 14.2. The first-order valence-corrected chi connectivity index (χ1v) is 13.8. The van der Waals surface area contributed by atoms with E-state index in [-0.39, 0.29) is 43.6 Å². The van der Waals surface area contributed by atoms with Crippen molar-refractivity contribution in [3.8, 4) is 0 Å². The van der Waals surface area contributed by atoms with E-state index in [4.69, 9.17) is 10.6 Å². The summed E-state index contributed by atoms with van der Waals surface area (Å²) in [7, 11) is 0. The minimum atomic E-state index is -1.50. The zero-order valence-electron chi connectivity index (χ0n) is 24.8. The molecule has 220 valence electrons. The van der Waals surface area contributed by atoms with Crippen molar-refractivity contribution in [2.24, 2.45) is 34.9 Å². The minimum Gasteiger partial charge on any atom is -0.460 e. The summed E-state index contributed by atoms with van der Waals surface area (Å²) < 4.78 is 7.49. The van der Waals surface area contributed by atoms with E-state index in [1.807, 2.05) is 27.7 Å². The summed E-state index contributed by atoms with van der Waals surface area (Å²) in [6.45, 7) is 12.6. The Morgan fingerprint density at radius 1 is 1.02 bits per heavy atom. The van der Waals surface area contributed by atoms with E-state index in [0.29, 0.717) is 5.56 Å². The molecule has 10 heteroatoms. The molecule has 0 aliphatic carbocycles. The lowest BCUT2D eigenvalue weighted by atomic mass is 9.61. The Morgan fingerprint density at radius 2 is 1.68 bits per heavy atom. The van der Waals surface area contributed by atoms with Crippen LogP contribution in [0.1, 0.15) is 71.7 Å². The number of amides is 2. The number of Topliss-reactive ketones (excluding diaryl/α,β-unsaturated/α-hetero) is 1. The first-order chi connectivity index (χ1) is 18.7. The summed E-state index contributed by atoms with van der Waals surface area (Å²) in [5.74, 6) is 1.36. The first kappa shape index (κ1) is 32.7. The summed E-state index contributed by atoms with van der Waals surface area (Å²) in [5, 5.41) is 2.91. The van der Waals surface area contributed by atoms with Crippen LogP contribution in [0.2, 0.25) is 0 Å². The Hall–Kier alpha value is -3.53. The zero-order valence-corrected chi connectivity index (χ0v) is 24.8. The van der Waals surface area contributed by atoms with Crippen molar-refractivity contribution in [2.45, 2.75) is 73.5 Å². The highest BCUT2D eigenvalue weighted by atomic mass is 16.6. The van der Waals surface area contributed by atoms with Gasteiger partial charge in [0.05, 0.1) is 30.1 Å². The number of imidazole rings is 1. The van der Waals surface area contributed by atoms with Crippen molar-refractivity contribution in [3.63, 3.8) is 0 Å². The highest BCUT2D eigenvalue weighted by Gasteiger charge is 2.55. The fourth-order valence-electron chi connectivity index (χ4n) is 5.21. The number of benzene rings is 1. The molecule has 0 radical (unpaired) electrons. The number of hydrogen-bond acceptors (Lipinski definition) is 7. The van der Waals surface area contributed by atoms with Gasteiger partial charge in [-0.15, -0.1) is 0 Å². The lowest BCUT2D eigenvalue weighted by Crippen LogP contribution is -2.58. The van der Waals surface area contributed by atoms with Crippen LogP contribution in [0, 0.1) is 29.1 Å². The van der Waals surface area contributed by atoms with Gasteiger partial charge >= 0.3 is 5.97 Å². The number of carbonyl (C=O) groups excluding carboxylic acids is 4. The fraction of sp³-hybridized carbons (Fsp3) is 0.567. The largest absolute Gasteiger partial charge is 0.460 e. The van der Waals surface area contributed by atoms with E-state index in [1.54, 1.807) is 68.1 Å². The van der Waals surface area contributed by atoms with Crippen molar-refractivity contribution in [1.82, 2.24) is 20.3 Å². The van der Waals surface area contributed by atoms with Gasteiger partial charge in [-0.2, -0.15) is 0 Å². The van der Waals surface area contributed by atoms with E-state index < -0.39 is 40.6 Å². The van der Waals surface area contributed by atoms with Gasteiger partial charge in [-0.1, -0.05) is 45.9 Å². The number of nitrogens with one attached hydrogen (secondary N) is 2. The van der Waals surface area contributed by atoms with Crippen LogP contribution in [0.3, 0.4) is 0 Å². The molecule has 2 aromatic rings. The molecule has 1 heterocycles. The maximum absolute atomic E-state index is 14.5. The van der Waals surface area contributed by atoms with Gasteiger partial charge in [0, 0.05) is 24.5 Å². The molecule has 2 rings (SSSR count). The Labute approximate surface area is 237 Å². The molecule has 40 heavy (non-hydrogen) atoms. The van der Waals surface area contributed by atoms with Crippen LogP contribution in [0.25, 0.3) is 0 Å². The average Bonchev–Trinajstić information content (AvgIpc) is 3.38. The molecule has 0 bridgehead atoms. The maximum Gasteiger partial charge on any atom is 0.311 e. The van der Waals surface area contributed by atoms with Crippen molar-refractivity contribution in [2.75, 3.05) is 6.54 Å². The molecule has 1 unspecified atom stereocenters. The first-order valence-electron chi connectivity index (χ1n) is 13.8. The minimum absolute atomic E-state index is 0.00773. The monoisotopic (exact) mass is 555 g/mol. The van der Waals surface area contributed by atoms with E-state index in [9.17, 15) is 19.2 Å². The normalized spacial score (nSPS) is 14.8. The maximum atomic E-state index is 14.5. The molecule has 0 saturated heterocycles. The summed E-state index contributed by atoms with van der Waals surface area (Å²) in [6, 6.07) is 8.63. The summed E-state index contributed by atoms with van der Waals surface area (Å²) in [4.78, 5) is 59.2. The van der Waals surface area contributed by atoms with Crippen molar-refractivity contribution in [1.29, 1.82) is 0 Å². The van der Waals surface area contributed by atoms with Crippen molar-refractivity contribution >= 4 is 23.6 Å². The van der Waals surface area contributed by atoms with Gasteiger partial charge in [0.1, 0.15) is 5.60 Å². The summed E-state index contributed by atoms with van der Waals surface area (Å²) in [6.07, 6.45) is 5.22. The number of nitrogens with zero attached hydrogens (tertiary/aromatic N) is 2. The molecular weight excluding hydrogens is 510 g/mol. The second-order valence-corrected chi connectivity index (χ2v) is 12.2. The molecule has 2 amide bonds. The number of hydrazine groups is 1. The highest BCUT2D eigenvalue weighted by molar-refractivity contribution is 5.97. The topological polar surface area (TPSA) is 145 Å². The smallest absolute Gasteiger partial charge is 0.311 e. The van der Waals surface area contributed by atoms with Gasteiger partial charge in [-0.25, -0.2) is 10.8 Å². The molecule has 0 fully saturated rings. The number of ketones is 1. The predicted octanol–water partition coefficient (Wildman–Crippen LogP) is 3.52. The van der Waals surface area contributed by atoms with Crippen LogP contribution in [0.15, 0.2) is 49.1 Å². The van der Waals surface area contributed by atoms with Gasteiger partial charge in [-0.05, 0) is 57.6 Å². The van der Waals surface area contributed by atoms with Crippen LogP contribution in [-0.2, 0) is 25.7 Å². The second-order valence-electron chi connectivity index (χ2n) is 12.2. The van der Waals surface area contributed by atoms with Crippen molar-refractivity contribution in [3.05, 3.63) is 54.6 Å². The molecule has 10 nitrogen and oxygen atoms in total. The van der Waals surface area contributed by atoms with Crippen LogP contribution < -0.4 is 16.6 Å². The third kappa shape index (κ3) is 9.01. The molecule has 1 aromatic carbocycles. The van der Waals surface area contributed by atoms with E-state index in [2.05, 4.69) is 15.7 Å². The van der Waals surface area contributed by atoms with Gasteiger partial charge in [-0.3, -0.25) is 24.6 Å². The lowest BCUT2D eigenvalue weighted by molar-refractivity contribution is -0.174. The van der Waals surface area contributed by atoms with Crippen molar-refractivity contribution < 1.29 is 23.9 Å². The van der Waals surface area contributed by atoms with Crippen LogP contribution in [0.5, 0.6) is 0 Å². The molecule has 1 aromatic heterocycles. The number of aromatic nitrogens is 2. The molecule has 0 spiro atoms. The van der Waals surface area contributed by atoms with E-state index in [0.717, 1.165) is 0 Å². The third-order valence-corrected chi connectivity index (χ3v) is 6.68. The zero-order chi connectivity index (χ0) is 30.1. The molecule has 3 atom stereocenters. The van der Waals surface area contributed by atoms with Crippen LogP contribution >= 0.6 is 0 Å².